The van der Waals surface area contributed by atoms with Crippen LogP contribution in [-0.4, -0.2) is 58.1 Å². The Bertz CT molecular complexity index is 609. The SMILES string of the molecule is CNC(=O)[C@@H](C)Oc1ccc(S(=O)(=O)N2CCOCC2)cc1. The first kappa shape index (κ1) is 16.7. The summed E-state index contributed by atoms with van der Waals surface area (Å²) in [6.07, 6.45) is -0.647. The van der Waals surface area contributed by atoms with Crippen molar-refractivity contribution in [2.45, 2.75) is 17.9 Å². The van der Waals surface area contributed by atoms with Crippen LogP contribution in [0, 0.1) is 0 Å². The Morgan fingerprint density at radius 3 is 2.41 bits per heavy atom. The minimum absolute atomic E-state index is 0.203. The maximum absolute atomic E-state index is 12.4. The van der Waals surface area contributed by atoms with E-state index in [1.165, 1.54) is 23.5 Å². The molecule has 1 aliphatic rings. The van der Waals surface area contributed by atoms with Gasteiger partial charge >= 0.3 is 0 Å². The molecule has 0 radical (unpaired) electrons. The van der Waals surface area contributed by atoms with Gasteiger partial charge in [-0.25, -0.2) is 8.42 Å². The summed E-state index contributed by atoms with van der Waals surface area (Å²) >= 11 is 0. The number of carbonyl (C=O) groups excluding carboxylic acids is 1. The van der Waals surface area contributed by atoms with Crippen LogP contribution >= 0.6 is 0 Å². The normalized spacial score (nSPS) is 17.7. The number of benzene rings is 1. The van der Waals surface area contributed by atoms with Crippen molar-refractivity contribution in [1.29, 1.82) is 0 Å². The smallest absolute Gasteiger partial charge is 0.260 e. The van der Waals surface area contributed by atoms with E-state index in [2.05, 4.69) is 5.32 Å². The van der Waals surface area contributed by atoms with Crippen LogP contribution in [0.25, 0.3) is 0 Å². The van der Waals surface area contributed by atoms with E-state index >= 15 is 0 Å². The number of ether oxygens (including phenoxy) is 2. The molecular weight excluding hydrogens is 308 g/mol. The summed E-state index contributed by atoms with van der Waals surface area (Å²) in [5.74, 6) is 0.196. The number of hydrogen-bond donors (Lipinski definition) is 1. The van der Waals surface area contributed by atoms with Crippen LogP contribution in [0.4, 0.5) is 0 Å². The molecule has 1 heterocycles. The predicted octanol–water partition coefficient (Wildman–Crippen LogP) is 0.221. The highest BCUT2D eigenvalue weighted by Gasteiger charge is 2.26. The van der Waals surface area contributed by atoms with Gasteiger partial charge in [-0.1, -0.05) is 0 Å². The average molecular weight is 328 g/mol. The zero-order chi connectivity index (χ0) is 16.2. The van der Waals surface area contributed by atoms with Crippen molar-refractivity contribution in [3.8, 4) is 5.75 Å². The lowest BCUT2D eigenvalue weighted by Crippen LogP contribution is -2.40. The number of nitrogens with zero attached hydrogens (tertiary/aromatic N) is 1. The lowest BCUT2D eigenvalue weighted by atomic mass is 10.3. The molecule has 1 saturated heterocycles. The van der Waals surface area contributed by atoms with Gasteiger partial charge in [0, 0.05) is 20.1 Å². The summed E-state index contributed by atoms with van der Waals surface area (Å²) < 4.78 is 36.9. The average Bonchev–Trinajstić information content (AvgIpc) is 2.55. The van der Waals surface area contributed by atoms with Crippen LogP contribution < -0.4 is 10.1 Å². The van der Waals surface area contributed by atoms with E-state index in [1.54, 1.807) is 19.1 Å². The standard InChI is InChI=1S/C14H20N2O5S/c1-11(14(17)15-2)21-12-3-5-13(6-4-12)22(18,19)16-7-9-20-10-8-16/h3-6,11H,7-10H2,1-2H3,(H,15,17)/t11-/m1/s1. The third-order valence-electron chi connectivity index (χ3n) is 3.36. The summed E-state index contributed by atoms with van der Waals surface area (Å²) in [5.41, 5.74) is 0. The Morgan fingerprint density at radius 2 is 1.86 bits per heavy atom. The van der Waals surface area contributed by atoms with Crippen molar-refractivity contribution in [3.05, 3.63) is 24.3 Å². The van der Waals surface area contributed by atoms with E-state index in [4.69, 9.17) is 9.47 Å². The van der Waals surface area contributed by atoms with E-state index in [9.17, 15) is 13.2 Å². The van der Waals surface area contributed by atoms with Gasteiger partial charge in [-0.2, -0.15) is 4.31 Å². The van der Waals surface area contributed by atoms with Crippen LogP contribution in [0.2, 0.25) is 0 Å². The van der Waals surface area contributed by atoms with Gasteiger partial charge in [0.05, 0.1) is 18.1 Å². The molecule has 0 saturated carbocycles. The molecule has 22 heavy (non-hydrogen) atoms. The predicted molar refractivity (Wildman–Crippen MR) is 80.2 cm³/mol. The minimum Gasteiger partial charge on any atom is -0.481 e. The zero-order valence-electron chi connectivity index (χ0n) is 12.6. The first-order valence-corrected chi connectivity index (χ1v) is 8.45. The van der Waals surface area contributed by atoms with Crippen LogP contribution in [0.1, 0.15) is 6.92 Å². The van der Waals surface area contributed by atoms with E-state index < -0.39 is 16.1 Å². The molecule has 1 amide bonds. The van der Waals surface area contributed by atoms with Gasteiger partial charge in [0.15, 0.2) is 6.10 Å². The summed E-state index contributed by atoms with van der Waals surface area (Å²) in [6, 6.07) is 6.06. The molecule has 8 heteroatoms. The first-order valence-electron chi connectivity index (χ1n) is 7.01. The van der Waals surface area contributed by atoms with Crippen molar-refractivity contribution in [2.24, 2.45) is 0 Å². The Balaban J connectivity index is 2.09. The molecule has 1 atom stereocenters. The molecule has 0 aromatic heterocycles. The molecule has 1 aliphatic heterocycles. The van der Waals surface area contributed by atoms with E-state index in [0.29, 0.717) is 32.1 Å². The lowest BCUT2D eigenvalue weighted by Gasteiger charge is -2.26. The maximum atomic E-state index is 12.4. The second-order valence-electron chi connectivity index (χ2n) is 4.86. The lowest BCUT2D eigenvalue weighted by molar-refractivity contribution is -0.126. The van der Waals surface area contributed by atoms with Crippen LogP contribution in [0.15, 0.2) is 29.2 Å². The number of likely N-dealkylation sites (N-methyl/N-ethyl adjacent to an activating group) is 1. The van der Waals surface area contributed by atoms with Crippen LogP contribution in [0.5, 0.6) is 5.75 Å². The summed E-state index contributed by atoms with van der Waals surface area (Å²) in [4.78, 5) is 11.6. The second kappa shape index (κ2) is 7.08. The molecular formula is C14H20N2O5S. The maximum Gasteiger partial charge on any atom is 0.260 e. The Morgan fingerprint density at radius 1 is 1.27 bits per heavy atom. The number of morpholine rings is 1. The summed E-state index contributed by atoms with van der Waals surface area (Å²) in [7, 11) is -1.98. The number of hydrogen-bond acceptors (Lipinski definition) is 5. The molecule has 122 valence electrons. The first-order chi connectivity index (χ1) is 10.4. The van der Waals surface area contributed by atoms with Gasteiger partial charge < -0.3 is 14.8 Å². The van der Waals surface area contributed by atoms with Crippen molar-refractivity contribution >= 4 is 15.9 Å². The van der Waals surface area contributed by atoms with Gasteiger partial charge in [-0.05, 0) is 31.2 Å². The molecule has 7 nitrogen and oxygen atoms in total. The van der Waals surface area contributed by atoms with Gasteiger partial charge in [0.25, 0.3) is 5.91 Å². The fourth-order valence-corrected chi connectivity index (χ4v) is 3.50. The molecule has 1 aromatic carbocycles. The molecule has 1 aromatic rings. The van der Waals surface area contributed by atoms with Crippen molar-refractivity contribution in [3.63, 3.8) is 0 Å². The zero-order valence-corrected chi connectivity index (χ0v) is 13.4. The van der Waals surface area contributed by atoms with Gasteiger partial charge in [-0.3, -0.25) is 4.79 Å². The number of nitrogens with one attached hydrogen (secondary N) is 1. The minimum atomic E-state index is -3.51. The van der Waals surface area contributed by atoms with E-state index in [0.717, 1.165) is 0 Å². The number of rotatable bonds is 5. The molecule has 1 N–H and O–H groups in total. The Labute approximate surface area is 130 Å². The molecule has 0 bridgehead atoms. The van der Waals surface area contributed by atoms with E-state index in [-0.39, 0.29) is 10.8 Å². The highest BCUT2D eigenvalue weighted by Crippen LogP contribution is 2.21. The number of sulfonamides is 1. The van der Waals surface area contributed by atoms with Crippen LogP contribution in [0.3, 0.4) is 0 Å². The van der Waals surface area contributed by atoms with Crippen LogP contribution in [-0.2, 0) is 19.6 Å². The van der Waals surface area contributed by atoms with Crippen molar-refractivity contribution in [1.82, 2.24) is 9.62 Å². The topological polar surface area (TPSA) is 84.9 Å². The fourth-order valence-electron chi connectivity index (χ4n) is 2.09. The van der Waals surface area contributed by atoms with Gasteiger partial charge in [0.2, 0.25) is 10.0 Å². The largest absolute Gasteiger partial charge is 0.481 e. The number of carbonyl (C=O) groups is 1. The highest BCUT2D eigenvalue weighted by molar-refractivity contribution is 7.89. The molecule has 0 spiro atoms. The van der Waals surface area contributed by atoms with Gasteiger partial charge in [-0.15, -0.1) is 0 Å². The molecule has 1 fully saturated rings. The molecule has 0 unspecified atom stereocenters. The third kappa shape index (κ3) is 3.76. The molecule has 0 aliphatic carbocycles. The summed E-state index contributed by atoms with van der Waals surface area (Å²) in [5, 5.41) is 2.49. The van der Waals surface area contributed by atoms with Crippen molar-refractivity contribution in [2.75, 3.05) is 33.4 Å². The third-order valence-corrected chi connectivity index (χ3v) is 5.27. The quantitative estimate of drug-likeness (QED) is 0.836. The Hall–Kier alpha value is -1.64. The summed E-state index contributed by atoms with van der Waals surface area (Å²) in [6.45, 7) is 3.15. The number of amides is 1. The molecule has 2 rings (SSSR count). The Kier molecular flexibility index (Phi) is 5.38. The van der Waals surface area contributed by atoms with Gasteiger partial charge in [0.1, 0.15) is 5.75 Å². The van der Waals surface area contributed by atoms with Crippen molar-refractivity contribution < 1.29 is 22.7 Å². The monoisotopic (exact) mass is 328 g/mol. The highest BCUT2D eigenvalue weighted by atomic mass is 32.2. The fraction of sp³-hybridized carbons (Fsp3) is 0.500. The second-order valence-corrected chi connectivity index (χ2v) is 6.80. The van der Waals surface area contributed by atoms with E-state index in [1.807, 2.05) is 0 Å².